The number of nitrogens with zero attached hydrogens (tertiary/aromatic N) is 1. The van der Waals surface area contributed by atoms with Gasteiger partial charge in [0.1, 0.15) is 5.78 Å². The normalized spacial score (nSPS) is 12.1. The molecule has 0 heterocycles. The van der Waals surface area contributed by atoms with Crippen LogP contribution in [0.1, 0.15) is 34.1 Å². The predicted octanol–water partition coefficient (Wildman–Crippen LogP) is 1.96. The Kier molecular flexibility index (Phi) is 6.77. The van der Waals surface area contributed by atoms with Crippen molar-refractivity contribution in [2.75, 3.05) is 33.4 Å². The Morgan fingerprint density at radius 3 is 2.33 bits per heavy atom. The minimum absolute atomic E-state index is 0.208. The van der Waals surface area contributed by atoms with Gasteiger partial charge >= 0.3 is 0 Å². The Labute approximate surface area is 93.8 Å². The summed E-state index contributed by atoms with van der Waals surface area (Å²) < 4.78 is 5.25. The lowest BCUT2D eigenvalue weighted by Gasteiger charge is -2.20. The topological polar surface area (TPSA) is 29.5 Å². The standard InChI is InChI=1S/C12H25NO2/c1-6-15-10-9-13(5)8-7-11(14)12(2,3)4/h6-10H2,1-5H3. The summed E-state index contributed by atoms with van der Waals surface area (Å²) in [6, 6.07) is 0. The first-order valence-corrected chi connectivity index (χ1v) is 5.67. The van der Waals surface area contributed by atoms with Crippen LogP contribution < -0.4 is 0 Å². The highest BCUT2D eigenvalue weighted by Crippen LogP contribution is 2.16. The second-order valence-corrected chi connectivity index (χ2v) is 4.92. The van der Waals surface area contributed by atoms with E-state index in [2.05, 4.69) is 4.90 Å². The number of ether oxygens (including phenoxy) is 1. The number of carbonyl (C=O) groups excluding carboxylic acids is 1. The van der Waals surface area contributed by atoms with Gasteiger partial charge in [0.05, 0.1) is 6.61 Å². The van der Waals surface area contributed by atoms with Crippen molar-refractivity contribution < 1.29 is 9.53 Å². The lowest BCUT2D eigenvalue weighted by atomic mass is 9.89. The fraction of sp³-hybridized carbons (Fsp3) is 0.917. The van der Waals surface area contributed by atoms with E-state index in [4.69, 9.17) is 4.74 Å². The first-order valence-electron chi connectivity index (χ1n) is 5.67. The number of hydrogen-bond donors (Lipinski definition) is 0. The zero-order valence-corrected chi connectivity index (χ0v) is 10.8. The highest BCUT2D eigenvalue weighted by Gasteiger charge is 2.20. The van der Waals surface area contributed by atoms with Crippen LogP contribution in [0.3, 0.4) is 0 Å². The third kappa shape index (κ3) is 7.51. The molecule has 15 heavy (non-hydrogen) atoms. The van der Waals surface area contributed by atoms with Crippen LogP contribution in [0.2, 0.25) is 0 Å². The minimum Gasteiger partial charge on any atom is -0.380 e. The summed E-state index contributed by atoms with van der Waals surface area (Å²) in [5.41, 5.74) is -0.208. The van der Waals surface area contributed by atoms with Crippen LogP contribution in [-0.2, 0) is 9.53 Å². The SMILES string of the molecule is CCOCCN(C)CCC(=O)C(C)(C)C. The van der Waals surface area contributed by atoms with Crippen molar-refractivity contribution in [1.29, 1.82) is 0 Å². The third-order valence-corrected chi connectivity index (χ3v) is 2.38. The molecular formula is C12H25NO2. The lowest BCUT2D eigenvalue weighted by Crippen LogP contribution is -2.29. The zero-order valence-electron chi connectivity index (χ0n) is 10.8. The number of rotatable bonds is 7. The van der Waals surface area contributed by atoms with Crippen LogP contribution in [0.15, 0.2) is 0 Å². The molecule has 0 N–H and O–H groups in total. The summed E-state index contributed by atoms with van der Waals surface area (Å²) in [6.07, 6.45) is 0.631. The number of hydrogen-bond acceptors (Lipinski definition) is 3. The fourth-order valence-corrected chi connectivity index (χ4v) is 1.14. The number of likely N-dealkylation sites (N-methyl/N-ethyl adjacent to an activating group) is 1. The number of carbonyl (C=O) groups is 1. The molecular weight excluding hydrogens is 190 g/mol. The Hall–Kier alpha value is -0.410. The quantitative estimate of drug-likeness (QED) is 0.608. The first kappa shape index (κ1) is 14.6. The van der Waals surface area contributed by atoms with E-state index in [-0.39, 0.29) is 5.41 Å². The van der Waals surface area contributed by atoms with Crippen LogP contribution in [0.5, 0.6) is 0 Å². The molecule has 0 aliphatic heterocycles. The maximum Gasteiger partial charge on any atom is 0.139 e. The second kappa shape index (κ2) is 6.96. The third-order valence-electron chi connectivity index (χ3n) is 2.38. The number of Topliss-reactive ketones (excluding diaryl/α,β-unsaturated/α-hetero) is 1. The van der Waals surface area contributed by atoms with Crippen LogP contribution in [0, 0.1) is 5.41 Å². The molecule has 0 unspecified atom stereocenters. The van der Waals surface area contributed by atoms with E-state index in [0.29, 0.717) is 12.2 Å². The van der Waals surface area contributed by atoms with E-state index in [1.54, 1.807) is 0 Å². The minimum atomic E-state index is -0.208. The molecule has 90 valence electrons. The molecule has 0 atom stereocenters. The van der Waals surface area contributed by atoms with Crippen LogP contribution in [-0.4, -0.2) is 44.0 Å². The van der Waals surface area contributed by atoms with Gasteiger partial charge in [-0.15, -0.1) is 0 Å². The van der Waals surface area contributed by atoms with Crippen LogP contribution in [0.25, 0.3) is 0 Å². The monoisotopic (exact) mass is 215 g/mol. The largest absolute Gasteiger partial charge is 0.380 e. The van der Waals surface area contributed by atoms with Crippen molar-refractivity contribution in [2.45, 2.75) is 34.1 Å². The molecule has 0 aromatic rings. The molecule has 0 aliphatic carbocycles. The van der Waals surface area contributed by atoms with Gasteiger partial charge in [0.15, 0.2) is 0 Å². The molecule has 0 aromatic carbocycles. The molecule has 0 rings (SSSR count). The fourth-order valence-electron chi connectivity index (χ4n) is 1.14. The van der Waals surface area contributed by atoms with E-state index in [0.717, 1.165) is 26.3 Å². The molecule has 0 amide bonds. The van der Waals surface area contributed by atoms with Gasteiger partial charge in [0.25, 0.3) is 0 Å². The van der Waals surface area contributed by atoms with Crippen LogP contribution in [0.4, 0.5) is 0 Å². The smallest absolute Gasteiger partial charge is 0.139 e. The van der Waals surface area contributed by atoms with E-state index < -0.39 is 0 Å². The molecule has 3 heteroatoms. The summed E-state index contributed by atoms with van der Waals surface area (Å²) in [6.45, 7) is 11.1. The van der Waals surface area contributed by atoms with Gasteiger partial charge in [-0.2, -0.15) is 0 Å². The van der Waals surface area contributed by atoms with Crippen molar-refractivity contribution in [3.05, 3.63) is 0 Å². The number of ketones is 1. The molecule has 0 aliphatic rings. The van der Waals surface area contributed by atoms with E-state index >= 15 is 0 Å². The summed E-state index contributed by atoms with van der Waals surface area (Å²) in [4.78, 5) is 13.8. The highest BCUT2D eigenvalue weighted by molar-refractivity contribution is 5.83. The summed E-state index contributed by atoms with van der Waals surface area (Å²) in [5, 5.41) is 0. The van der Waals surface area contributed by atoms with Crippen LogP contribution >= 0.6 is 0 Å². The average molecular weight is 215 g/mol. The van der Waals surface area contributed by atoms with Gasteiger partial charge in [0.2, 0.25) is 0 Å². The van der Waals surface area contributed by atoms with E-state index in [1.165, 1.54) is 0 Å². The van der Waals surface area contributed by atoms with E-state index in [9.17, 15) is 4.79 Å². The summed E-state index contributed by atoms with van der Waals surface area (Å²) >= 11 is 0. The summed E-state index contributed by atoms with van der Waals surface area (Å²) in [5.74, 6) is 0.325. The zero-order chi connectivity index (χ0) is 11.9. The molecule has 3 nitrogen and oxygen atoms in total. The predicted molar refractivity (Wildman–Crippen MR) is 63.1 cm³/mol. The second-order valence-electron chi connectivity index (χ2n) is 4.92. The molecule has 0 bridgehead atoms. The van der Waals surface area contributed by atoms with Gasteiger partial charge in [-0.3, -0.25) is 4.79 Å². The Bertz CT molecular complexity index is 185. The van der Waals surface area contributed by atoms with Crippen molar-refractivity contribution in [2.24, 2.45) is 5.41 Å². The van der Waals surface area contributed by atoms with Crippen molar-refractivity contribution in [1.82, 2.24) is 4.90 Å². The summed E-state index contributed by atoms with van der Waals surface area (Å²) in [7, 11) is 2.02. The van der Waals surface area contributed by atoms with Crippen molar-refractivity contribution in [3.8, 4) is 0 Å². The van der Waals surface area contributed by atoms with Gasteiger partial charge in [-0.1, -0.05) is 20.8 Å². The van der Waals surface area contributed by atoms with Crippen molar-refractivity contribution in [3.63, 3.8) is 0 Å². The van der Waals surface area contributed by atoms with Gasteiger partial charge in [-0.05, 0) is 14.0 Å². The first-order chi connectivity index (χ1) is 6.88. The van der Waals surface area contributed by atoms with Gasteiger partial charge in [0, 0.05) is 31.5 Å². The van der Waals surface area contributed by atoms with Crippen molar-refractivity contribution >= 4 is 5.78 Å². The van der Waals surface area contributed by atoms with E-state index in [1.807, 2.05) is 34.7 Å². The maximum absolute atomic E-state index is 11.6. The maximum atomic E-state index is 11.6. The van der Waals surface area contributed by atoms with Gasteiger partial charge < -0.3 is 9.64 Å². The Balaban J connectivity index is 3.62. The lowest BCUT2D eigenvalue weighted by molar-refractivity contribution is -0.126. The Morgan fingerprint density at radius 1 is 1.27 bits per heavy atom. The van der Waals surface area contributed by atoms with Gasteiger partial charge in [-0.25, -0.2) is 0 Å². The molecule has 0 fully saturated rings. The molecule has 0 spiro atoms. The molecule has 0 aromatic heterocycles. The molecule has 0 radical (unpaired) electrons. The Morgan fingerprint density at radius 2 is 1.87 bits per heavy atom. The molecule has 0 saturated heterocycles. The average Bonchev–Trinajstić information content (AvgIpc) is 2.13. The molecule has 0 saturated carbocycles. The highest BCUT2D eigenvalue weighted by atomic mass is 16.5.